The molecule has 0 saturated heterocycles. The summed E-state index contributed by atoms with van der Waals surface area (Å²) in [6.07, 6.45) is 1.23. The molecule has 0 saturated carbocycles. The molecule has 18 heavy (non-hydrogen) atoms. The molecule has 0 spiro atoms. The van der Waals surface area contributed by atoms with Crippen molar-refractivity contribution in [3.8, 4) is 0 Å². The number of nitrogens with one attached hydrogen (secondary N) is 2. The average molecular weight is 285 g/mol. The third-order valence-electron chi connectivity index (χ3n) is 2.54. The van der Waals surface area contributed by atoms with Gasteiger partial charge in [-0.3, -0.25) is 14.7 Å². The number of halogens is 2. The molecule has 0 bridgehead atoms. The first kappa shape index (κ1) is 12.9. The Morgan fingerprint density at radius 2 is 1.78 bits per heavy atom. The predicted molar refractivity (Wildman–Crippen MR) is 71.6 cm³/mol. The lowest BCUT2D eigenvalue weighted by molar-refractivity contribution is 0.838. The molecular formula is C12H10Cl2N2O2. The third kappa shape index (κ3) is 3.03. The van der Waals surface area contributed by atoms with E-state index < -0.39 is 11.0 Å². The maximum Gasteiger partial charge on any atom is 0.310 e. The molecule has 6 heteroatoms. The van der Waals surface area contributed by atoms with Crippen molar-refractivity contribution < 1.29 is 0 Å². The Kier molecular flexibility index (Phi) is 3.89. The van der Waals surface area contributed by atoms with Gasteiger partial charge in [0.15, 0.2) is 0 Å². The lowest BCUT2D eigenvalue weighted by Crippen LogP contribution is -2.27. The average Bonchev–Trinajstić information content (AvgIpc) is 2.32. The second-order valence-corrected chi connectivity index (χ2v) is 4.69. The van der Waals surface area contributed by atoms with Gasteiger partial charge in [0.2, 0.25) is 5.43 Å². The number of aryl methyl sites for hydroxylation is 2. The zero-order valence-corrected chi connectivity index (χ0v) is 10.8. The van der Waals surface area contributed by atoms with Crippen molar-refractivity contribution >= 4 is 23.2 Å². The minimum absolute atomic E-state index is 0.550. The molecule has 2 aromatic rings. The number of hydrogen-bond donors (Lipinski definition) is 2. The Balaban J connectivity index is 2.13. The smallest absolute Gasteiger partial charge is 0.302 e. The fourth-order valence-corrected chi connectivity index (χ4v) is 2.09. The monoisotopic (exact) mass is 284 g/mol. The summed E-state index contributed by atoms with van der Waals surface area (Å²) in [4.78, 5) is 22.1. The van der Waals surface area contributed by atoms with Crippen LogP contribution in [0.25, 0.3) is 0 Å². The Labute approximate surface area is 113 Å². The largest absolute Gasteiger partial charge is 0.310 e. The number of aromatic amines is 2. The molecule has 0 aliphatic heterocycles. The van der Waals surface area contributed by atoms with Gasteiger partial charge in [-0.05, 0) is 30.5 Å². The fraction of sp³-hybridized carbons (Fsp3) is 0.167. The van der Waals surface area contributed by atoms with Crippen LogP contribution in [-0.4, -0.2) is 10.2 Å². The lowest BCUT2D eigenvalue weighted by atomic mass is 10.1. The van der Waals surface area contributed by atoms with Crippen molar-refractivity contribution in [1.29, 1.82) is 0 Å². The maximum absolute atomic E-state index is 11.2. The van der Waals surface area contributed by atoms with E-state index in [0.29, 0.717) is 28.6 Å². The van der Waals surface area contributed by atoms with Crippen LogP contribution in [0.5, 0.6) is 0 Å². The Hall–Kier alpha value is -1.52. The van der Waals surface area contributed by atoms with Crippen LogP contribution in [0.1, 0.15) is 11.3 Å². The molecule has 1 aromatic heterocycles. The first-order valence-corrected chi connectivity index (χ1v) is 6.06. The van der Waals surface area contributed by atoms with Crippen molar-refractivity contribution in [2.75, 3.05) is 0 Å². The van der Waals surface area contributed by atoms with Gasteiger partial charge >= 0.3 is 5.56 Å². The van der Waals surface area contributed by atoms with Gasteiger partial charge in [-0.1, -0.05) is 29.3 Å². The number of rotatable bonds is 3. The number of aromatic nitrogens is 2. The van der Waals surface area contributed by atoms with Crippen LogP contribution in [0, 0.1) is 0 Å². The Bertz CT molecular complexity index is 676. The summed E-state index contributed by atoms with van der Waals surface area (Å²) in [5, 5.41) is 6.13. The van der Waals surface area contributed by atoms with Crippen molar-refractivity contribution in [2.45, 2.75) is 12.8 Å². The van der Waals surface area contributed by atoms with E-state index in [1.165, 1.54) is 6.07 Å². The summed E-state index contributed by atoms with van der Waals surface area (Å²) in [7, 11) is 0. The first-order valence-electron chi connectivity index (χ1n) is 5.31. The summed E-state index contributed by atoms with van der Waals surface area (Å²) in [6, 6.07) is 6.57. The molecule has 0 unspecified atom stereocenters. The van der Waals surface area contributed by atoms with Crippen molar-refractivity contribution in [3.63, 3.8) is 0 Å². The van der Waals surface area contributed by atoms with E-state index in [0.717, 1.165) is 5.56 Å². The highest BCUT2D eigenvalue weighted by molar-refractivity contribution is 6.35. The van der Waals surface area contributed by atoms with E-state index in [1.807, 2.05) is 6.07 Å². The lowest BCUT2D eigenvalue weighted by Gasteiger charge is -2.04. The molecule has 0 atom stereocenters. The SMILES string of the molecule is O=c1cc(CCc2ccc(Cl)cc2Cl)[nH][nH]c1=O. The second-order valence-electron chi connectivity index (χ2n) is 3.85. The number of H-pyrrole nitrogens is 2. The molecular weight excluding hydrogens is 275 g/mol. The fourth-order valence-electron chi connectivity index (χ4n) is 1.59. The zero-order chi connectivity index (χ0) is 13.1. The highest BCUT2D eigenvalue weighted by Crippen LogP contribution is 2.21. The van der Waals surface area contributed by atoms with Crippen LogP contribution in [-0.2, 0) is 12.8 Å². The quantitative estimate of drug-likeness (QED) is 0.849. The molecule has 0 amide bonds. The minimum atomic E-state index is -0.650. The van der Waals surface area contributed by atoms with Gasteiger partial charge in [0.05, 0.1) is 0 Å². The molecule has 2 rings (SSSR count). The van der Waals surface area contributed by atoms with Crippen LogP contribution < -0.4 is 11.0 Å². The van der Waals surface area contributed by atoms with Crippen LogP contribution in [0.4, 0.5) is 0 Å². The highest BCUT2D eigenvalue weighted by atomic mass is 35.5. The van der Waals surface area contributed by atoms with E-state index in [9.17, 15) is 9.59 Å². The zero-order valence-electron chi connectivity index (χ0n) is 9.30. The summed E-state index contributed by atoms with van der Waals surface area (Å²) in [5.74, 6) is 0. The van der Waals surface area contributed by atoms with Crippen LogP contribution in [0.2, 0.25) is 10.0 Å². The van der Waals surface area contributed by atoms with Gasteiger partial charge in [-0.15, -0.1) is 0 Å². The Morgan fingerprint density at radius 1 is 1.00 bits per heavy atom. The second kappa shape index (κ2) is 5.42. The topological polar surface area (TPSA) is 65.7 Å². The molecule has 2 N–H and O–H groups in total. The summed E-state index contributed by atoms with van der Waals surface area (Å²) >= 11 is 11.8. The van der Waals surface area contributed by atoms with E-state index in [2.05, 4.69) is 10.2 Å². The summed E-state index contributed by atoms with van der Waals surface area (Å²) < 4.78 is 0. The third-order valence-corrected chi connectivity index (χ3v) is 3.13. The number of hydrogen-bond acceptors (Lipinski definition) is 2. The first-order chi connectivity index (χ1) is 8.56. The minimum Gasteiger partial charge on any atom is -0.302 e. The van der Waals surface area contributed by atoms with Gasteiger partial charge in [0.25, 0.3) is 0 Å². The highest BCUT2D eigenvalue weighted by Gasteiger charge is 2.03. The van der Waals surface area contributed by atoms with Gasteiger partial charge in [0.1, 0.15) is 0 Å². The molecule has 94 valence electrons. The van der Waals surface area contributed by atoms with E-state index in [1.54, 1.807) is 12.1 Å². The molecule has 4 nitrogen and oxygen atoms in total. The molecule has 0 radical (unpaired) electrons. The van der Waals surface area contributed by atoms with E-state index in [4.69, 9.17) is 23.2 Å². The van der Waals surface area contributed by atoms with Crippen molar-refractivity contribution in [1.82, 2.24) is 10.2 Å². The van der Waals surface area contributed by atoms with E-state index in [-0.39, 0.29) is 0 Å². The van der Waals surface area contributed by atoms with Crippen LogP contribution in [0.15, 0.2) is 33.9 Å². The Morgan fingerprint density at radius 3 is 2.44 bits per heavy atom. The molecule has 0 fully saturated rings. The van der Waals surface area contributed by atoms with Gasteiger partial charge in [-0.2, -0.15) is 0 Å². The normalized spacial score (nSPS) is 10.6. The van der Waals surface area contributed by atoms with Gasteiger partial charge in [-0.25, -0.2) is 0 Å². The van der Waals surface area contributed by atoms with E-state index >= 15 is 0 Å². The van der Waals surface area contributed by atoms with Crippen molar-refractivity contribution in [2.24, 2.45) is 0 Å². The predicted octanol–water partition coefficient (Wildman–Crippen LogP) is 2.16. The standard InChI is InChI=1S/C12H10Cl2N2O2/c13-8-3-1-7(10(14)5-8)2-4-9-6-11(17)12(18)16-15-9/h1,3,5-6H,2,4H2,(H,15,17)(H,16,18). The molecule has 1 aromatic carbocycles. The molecule has 0 aliphatic carbocycles. The molecule has 0 aliphatic rings. The molecule has 1 heterocycles. The summed E-state index contributed by atoms with van der Waals surface area (Å²) in [5.41, 5.74) is 0.396. The van der Waals surface area contributed by atoms with Crippen LogP contribution >= 0.6 is 23.2 Å². The summed E-state index contributed by atoms with van der Waals surface area (Å²) in [6.45, 7) is 0. The number of benzene rings is 1. The van der Waals surface area contributed by atoms with Crippen LogP contribution in [0.3, 0.4) is 0 Å². The van der Waals surface area contributed by atoms with Gasteiger partial charge in [0, 0.05) is 21.8 Å². The maximum atomic E-state index is 11.2. The van der Waals surface area contributed by atoms with Gasteiger partial charge < -0.3 is 5.10 Å². The van der Waals surface area contributed by atoms with Crippen molar-refractivity contribution in [3.05, 3.63) is 66.1 Å².